The topological polar surface area (TPSA) is 108 Å². The molecule has 8 nitrogen and oxygen atoms in total. The van der Waals surface area contributed by atoms with Gasteiger partial charge < -0.3 is 25.4 Å². The molecule has 2 aromatic rings. The van der Waals surface area contributed by atoms with E-state index in [9.17, 15) is 19.5 Å². The Kier molecular flexibility index (Phi) is 9.41. The number of hydrogen-bond donors (Lipinski definition) is 3. The molecule has 0 bridgehead atoms. The smallest absolute Gasteiger partial charge is 0.408 e. The van der Waals surface area contributed by atoms with Crippen LogP contribution >= 0.6 is 0 Å². The highest BCUT2D eigenvalue weighted by atomic mass is 16.6. The number of carbonyl (C=O) groups is 3. The Morgan fingerprint density at radius 3 is 2.24 bits per heavy atom. The number of para-hydroxylation sites is 1. The predicted molar refractivity (Wildman–Crippen MR) is 148 cm³/mol. The first-order valence-corrected chi connectivity index (χ1v) is 13.4. The Labute approximate surface area is 225 Å². The van der Waals surface area contributed by atoms with Gasteiger partial charge in [0.05, 0.1) is 0 Å². The summed E-state index contributed by atoms with van der Waals surface area (Å²) in [6.07, 6.45) is 2.44. The number of benzene rings is 2. The fraction of sp³-hybridized carbons (Fsp3) is 0.500. The Balaban J connectivity index is 2.03. The van der Waals surface area contributed by atoms with E-state index in [-0.39, 0.29) is 29.5 Å². The number of aryl methyl sites for hydroxylation is 1. The Morgan fingerprint density at radius 1 is 1.08 bits per heavy atom. The number of carbonyl (C=O) groups excluding carboxylic acids is 3. The maximum absolute atomic E-state index is 14.3. The lowest BCUT2D eigenvalue weighted by Gasteiger charge is -2.44. The number of phenolic OH excluding ortho intramolecular Hbond substituents is 1. The van der Waals surface area contributed by atoms with Crippen molar-refractivity contribution >= 4 is 23.6 Å². The Morgan fingerprint density at radius 2 is 1.71 bits per heavy atom. The summed E-state index contributed by atoms with van der Waals surface area (Å²) in [4.78, 5) is 42.6. The van der Waals surface area contributed by atoms with Crippen LogP contribution in [0, 0.1) is 12.8 Å². The maximum Gasteiger partial charge on any atom is 0.408 e. The molecule has 0 saturated heterocycles. The summed E-state index contributed by atoms with van der Waals surface area (Å²) in [5.41, 5.74) is 1.42. The van der Waals surface area contributed by atoms with E-state index in [1.54, 1.807) is 37.8 Å². The third-order valence-corrected chi connectivity index (χ3v) is 7.01. The maximum atomic E-state index is 14.3. The van der Waals surface area contributed by atoms with Crippen LogP contribution in [0.25, 0.3) is 0 Å². The van der Waals surface area contributed by atoms with Gasteiger partial charge in [-0.25, -0.2) is 4.79 Å². The van der Waals surface area contributed by atoms with Gasteiger partial charge >= 0.3 is 6.09 Å². The summed E-state index contributed by atoms with van der Waals surface area (Å²) in [5.74, 6) is -0.812. The second-order valence-electron chi connectivity index (χ2n) is 11.1. The molecule has 3 N–H and O–H groups in total. The monoisotopic (exact) mass is 523 g/mol. The molecule has 8 heteroatoms. The summed E-state index contributed by atoms with van der Waals surface area (Å²) < 4.78 is 5.46. The van der Waals surface area contributed by atoms with E-state index < -0.39 is 23.8 Å². The molecule has 1 aliphatic carbocycles. The molecule has 1 saturated carbocycles. The number of hydrogen-bond acceptors (Lipinski definition) is 5. The number of rotatable bonds is 9. The zero-order valence-electron chi connectivity index (χ0n) is 23.3. The van der Waals surface area contributed by atoms with E-state index >= 15 is 0 Å². The quantitative estimate of drug-likeness (QED) is 0.391. The van der Waals surface area contributed by atoms with Gasteiger partial charge in [0.15, 0.2) is 0 Å². The van der Waals surface area contributed by atoms with Gasteiger partial charge in [-0.15, -0.1) is 0 Å². The van der Waals surface area contributed by atoms with Gasteiger partial charge in [0.25, 0.3) is 5.91 Å². The molecule has 2 aromatic carbocycles. The normalized spacial score (nSPS) is 15.9. The van der Waals surface area contributed by atoms with E-state index in [1.807, 2.05) is 45.0 Å². The average molecular weight is 524 g/mol. The van der Waals surface area contributed by atoms with Crippen LogP contribution in [0.4, 0.5) is 10.5 Å². The molecular formula is C30H41N3O5. The summed E-state index contributed by atoms with van der Waals surface area (Å²) in [6, 6.07) is 11.8. The number of nitrogens with zero attached hydrogens (tertiary/aromatic N) is 1. The fourth-order valence-corrected chi connectivity index (χ4v) is 4.47. The van der Waals surface area contributed by atoms with Gasteiger partial charge in [0.2, 0.25) is 5.91 Å². The van der Waals surface area contributed by atoms with Crippen LogP contribution in [-0.2, 0) is 14.3 Å². The summed E-state index contributed by atoms with van der Waals surface area (Å²) in [5, 5.41) is 15.7. The molecule has 0 aromatic heterocycles. The van der Waals surface area contributed by atoms with Crippen molar-refractivity contribution in [2.75, 3.05) is 5.32 Å². The van der Waals surface area contributed by atoms with Crippen molar-refractivity contribution in [3.63, 3.8) is 0 Å². The van der Waals surface area contributed by atoms with Crippen molar-refractivity contribution in [3.8, 4) is 5.75 Å². The molecule has 3 rings (SSSR count). The number of amides is 3. The molecular weight excluding hydrogens is 482 g/mol. The van der Waals surface area contributed by atoms with Gasteiger partial charge in [-0.3, -0.25) is 9.59 Å². The lowest BCUT2D eigenvalue weighted by molar-refractivity contribution is -0.147. The Hall–Kier alpha value is -3.55. The first kappa shape index (κ1) is 29.0. The van der Waals surface area contributed by atoms with E-state index in [0.717, 1.165) is 24.8 Å². The first-order valence-electron chi connectivity index (χ1n) is 13.4. The third kappa shape index (κ3) is 7.27. The van der Waals surface area contributed by atoms with Crippen molar-refractivity contribution in [1.29, 1.82) is 0 Å². The van der Waals surface area contributed by atoms with Gasteiger partial charge in [0, 0.05) is 11.7 Å². The van der Waals surface area contributed by atoms with E-state index in [1.165, 1.54) is 12.1 Å². The second kappa shape index (κ2) is 12.3. The zero-order chi connectivity index (χ0) is 28.0. The molecule has 206 valence electrons. The average Bonchev–Trinajstić information content (AvgIpc) is 2.81. The van der Waals surface area contributed by atoms with Crippen molar-refractivity contribution in [1.82, 2.24) is 10.2 Å². The zero-order valence-corrected chi connectivity index (χ0v) is 23.3. The van der Waals surface area contributed by atoms with Crippen molar-refractivity contribution in [2.45, 2.75) is 91.0 Å². The lowest BCUT2D eigenvalue weighted by Crippen LogP contribution is -2.58. The summed E-state index contributed by atoms with van der Waals surface area (Å²) >= 11 is 0. The van der Waals surface area contributed by atoms with Gasteiger partial charge in [0.1, 0.15) is 23.4 Å². The van der Waals surface area contributed by atoms with Crippen molar-refractivity contribution in [3.05, 3.63) is 59.7 Å². The largest absolute Gasteiger partial charge is 0.508 e. The molecule has 0 heterocycles. The number of aromatic hydroxyl groups is 1. The van der Waals surface area contributed by atoms with Crippen LogP contribution in [0.2, 0.25) is 0 Å². The standard InChI is InChI=1S/C30H41N3O5/c1-7-19(2)25(32-29(37)38-30(4,5)6)28(36)33(22-12-10-13-22)26(21-15-17-23(34)18-16-21)27(35)31-24-14-9-8-11-20(24)3/h8-9,11,14-19,22,25-26,34H,7,10,12-13H2,1-6H3,(H,31,35)(H,32,37). The lowest BCUT2D eigenvalue weighted by atomic mass is 9.86. The second-order valence-corrected chi connectivity index (χ2v) is 11.1. The first-order chi connectivity index (χ1) is 17.9. The molecule has 0 aliphatic heterocycles. The molecule has 1 fully saturated rings. The number of nitrogens with one attached hydrogen (secondary N) is 2. The predicted octanol–water partition coefficient (Wildman–Crippen LogP) is 5.70. The van der Waals surface area contributed by atoms with Crippen LogP contribution in [0.3, 0.4) is 0 Å². The number of phenols is 1. The van der Waals surface area contributed by atoms with Crippen LogP contribution in [0.1, 0.15) is 77.5 Å². The molecule has 3 amide bonds. The minimum atomic E-state index is -0.958. The van der Waals surface area contributed by atoms with Gasteiger partial charge in [-0.2, -0.15) is 0 Å². The molecule has 0 spiro atoms. The number of alkyl carbamates (subject to hydrolysis) is 1. The van der Waals surface area contributed by atoms with Crippen molar-refractivity contribution < 1.29 is 24.2 Å². The van der Waals surface area contributed by atoms with Crippen LogP contribution in [0.5, 0.6) is 5.75 Å². The molecule has 38 heavy (non-hydrogen) atoms. The van der Waals surface area contributed by atoms with Crippen LogP contribution in [0.15, 0.2) is 48.5 Å². The van der Waals surface area contributed by atoms with Crippen LogP contribution in [-0.4, -0.2) is 45.6 Å². The van der Waals surface area contributed by atoms with E-state index in [0.29, 0.717) is 17.7 Å². The highest BCUT2D eigenvalue weighted by Gasteiger charge is 2.43. The minimum absolute atomic E-state index is 0.0670. The SMILES string of the molecule is CCC(C)C(NC(=O)OC(C)(C)C)C(=O)N(C1CCC1)C(C(=O)Nc1ccccc1C)c1ccc(O)cc1. The third-order valence-electron chi connectivity index (χ3n) is 7.01. The van der Waals surface area contributed by atoms with Gasteiger partial charge in [-0.1, -0.05) is 50.6 Å². The van der Waals surface area contributed by atoms with Gasteiger partial charge in [-0.05, 0) is 82.2 Å². The van der Waals surface area contributed by atoms with Crippen molar-refractivity contribution in [2.24, 2.45) is 5.92 Å². The molecule has 1 aliphatic rings. The highest BCUT2D eigenvalue weighted by Crippen LogP contribution is 2.35. The number of ether oxygens (including phenoxy) is 1. The highest BCUT2D eigenvalue weighted by molar-refractivity contribution is 5.99. The van der Waals surface area contributed by atoms with Crippen LogP contribution < -0.4 is 10.6 Å². The summed E-state index contributed by atoms with van der Waals surface area (Å²) in [6.45, 7) is 11.1. The number of anilines is 1. The van der Waals surface area contributed by atoms with E-state index in [2.05, 4.69) is 10.6 Å². The Bertz CT molecular complexity index is 1120. The fourth-order valence-electron chi connectivity index (χ4n) is 4.47. The molecule has 3 unspecified atom stereocenters. The minimum Gasteiger partial charge on any atom is -0.508 e. The molecule has 0 radical (unpaired) electrons. The molecule has 3 atom stereocenters. The van der Waals surface area contributed by atoms with E-state index in [4.69, 9.17) is 4.74 Å². The summed E-state index contributed by atoms with van der Waals surface area (Å²) in [7, 11) is 0.